The van der Waals surface area contributed by atoms with Gasteiger partial charge in [0.1, 0.15) is 11.5 Å². The van der Waals surface area contributed by atoms with Crippen molar-refractivity contribution in [2.75, 3.05) is 5.73 Å². The van der Waals surface area contributed by atoms with Crippen molar-refractivity contribution in [2.45, 2.75) is 13.8 Å². The number of ether oxygens (including phenoxy) is 1. The molecular formula is C12H15NO. The molecule has 0 bridgehead atoms. The highest BCUT2D eigenvalue weighted by Crippen LogP contribution is 2.15. The van der Waals surface area contributed by atoms with Gasteiger partial charge in [-0.05, 0) is 44.2 Å². The van der Waals surface area contributed by atoms with Crippen LogP contribution in [0.3, 0.4) is 0 Å². The fraction of sp³-hybridized carbons (Fsp3) is 0.167. The summed E-state index contributed by atoms with van der Waals surface area (Å²) in [6.07, 6.45) is 5.80. The molecule has 74 valence electrons. The zero-order valence-corrected chi connectivity index (χ0v) is 8.53. The van der Waals surface area contributed by atoms with Crippen molar-refractivity contribution in [3.05, 3.63) is 48.3 Å². The molecule has 2 nitrogen and oxygen atoms in total. The Hall–Kier alpha value is -1.70. The fourth-order valence-electron chi connectivity index (χ4n) is 0.988. The van der Waals surface area contributed by atoms with Crippen molar-refractivity contribution in [1.29, 1.82) is 0 Å². The number of allylic oxidation sites excluding steroid dienone is 4. The van der Waals surface area contributed by atoms with Gasteiger partial charge >= 0.3 is 0 Å². The standard InChI is InChI=1S/C12H15NO/c1-3-4-5-10(2)14-12-8-6-11(13)7-9-12/h3-9H,13H2,1-2H3/b4-3-,10-5+. The number of benzene rings is 1. The van der Waals surface area contributed by atoms with Crippen LogP contribution in [0.4, 0.5) is 5.69 Å². The van der Waals surface area contributed by atoms with Crippen LogP contribution in [0.15, 0.2) is 48.3 Å². The first-order valence-corrected chi connectivity index (χ1v) is 4.55. The highest BCUT2D eigenvalue weighted by molar-refractivity contribution is 5.42. The fourth-order valence-corrected chi connectivity index (χ4v) is 0.988. The lowest BCUT2D eigenvalue weighted by molar-refractivity contribution is 0.428. The van der Waals surface area contributed by atoms with Crippen molar-refractivity contribution < 1.29 is 4.74 Å². The smallest absolute Gasteiger partial charge is 0.127 e. The number of anilines is 1. The summed E-state index contributed by atoms with van der Waals surface area (Å²) < 4.78 is 5.53. The second kappa shape index (κ2) is 5.12. The van der Waals surface area contributed by atoms with E-state index in [1.807, 2.05) is 56.3 Å². The SMILES string of the molecule is C/C=C\C=C(/C)Oc1ccc(N)cc1. The van der Waals surface area contributed by atoms with E-state index in [9.17, 15) is 0 Å². The summed E-state index contributed by atoms with van der Waals surface area (Å²) in [6, 6.07) is 7.33. The van der Waals surface area contributed by atoms with Crippen LogP contribution in [0, 0.1) is 0 Å². The maximum Gasteiger partial charge on any atom is 0.127 e. The van der Waals surface area contributed by atoms with Gasteiger partial charge in [-0.1, -0.05) is 12.2 Å². The summed E-state index contributed by atoms with van der Waals surface area (Å²) in [4.78, 5) is 0. The van der Waals surface area contributed by atoms with E-state index < -0.39 is 0 Å². The number of nitrogen functional groups attached to an aromatic ring is 1. The lowest BCUT2D eigenvalue weighted by Gasteiger charge is -2.04. The molecular weight excluding hydrogens is 174 g/mol. The van der Waals surface area contributed by atoms with Crippen molar-refractivity contribution in [3.63, 3.8) is 0 Å². The highest BCUT2D eigenvalue weighted by atomic mass is 16.5. The van der Waals surface area contributed by atoms with Gasteiger partial charge in [-0.2, -0.15) is 0 Å². The lowest BCUT2D eigenvalue weighted by Crippen LogP contribution is -1.90. The third kappa shape index (κ3) is 3.35. The van der Waals surface area contributed by atoms with Crippen molar-refractivity contribution in [1.82, 2.24) is 0 Å². The average molecular weight is 189 g/mol. The second-order valence-corrected chi connectivity index (χ2v) is 2.97. The van der Waals surface area contributed by atoms with Crippen LogP contribution in [0.2, 0.25) is 0 Å². The van der Waals surface area contributed by atoms with Crippen LogP contribution < -0.4 is 10.5 Å². The summed E-state index contributed by atoms with van der Waals surface area (Å²) in [6.45, 7) is 3.88. The number of hydrogen-bond donors (Lipinski definition) is 1. The highest BCUT2D eigenvalue weighted by Gasteiger charge is 1.93. The third-order valence-corrected chi connectivity index (χ3v) is 1.68. The first kappa shape index (κ1) is 10.4. The third-order valence-electron chi connectivity index (χ3n) is 1.68. The van der Waals surface area contributed by atoms with Crippen LogP contribution in [-0.2, 0) is 0 Å². The Bertz CT molecular complexity index is 336. The van der Waals surface area contributed by atoms with Gasteiger partial charge in [-0.25, -0.2) is 0 Å². The molecule has 0 heterocycles. The Kier molecular flexibility index (Phi) is 3.80. The molecule has 0 fully saturated rings. The number of hydrogen-bond acceptors (Lipinski definition) is 2. The zero-order valence-electron chi connectivity index (χ0n) is 8.53. The number of rotatable bonds is 3. The van der Waals surface area contributed by atoms with E-state index in [4.69, 9.17) is 10.5 Å². The monoisotopic (exact) mass is 189 g/mol. The van der Waals surface area contributed by atoms with Crippen molar-refractivity contribution in [3.8, 4) is 5.75 Å². The second-order valence-electron chi connectivity index (χ2n) is 2.97. The minimum Gasteiger partial charge on any atom is -0.462 e. The summed E-state index contributed by atoms with van der Waals surface area (Å²) in [5, 5.41) is 0. The van der Waals surface area contributed by atoms with Crippen LogP contribution in [0.25, 0.3) is 0 Å². The maximum atomic E-state index is 5.56. The van der Waals surface area contributed by atoms with Gasteiger partial charge in [-0.3, -0.25) is 0 Å². The van der Waals surface area contributed by atoms with Gasteiger partial charge in [0, 0.05) is 5.69 Å². The molecule has 0 saturated heterocycles. The Morgan fingerprint density at radius 1 is 1.29 bits per heavy atom. The quantitative estimate of drug-likeness (QED) is 0.450. The van der Waals surface area contributed by atoms with Crippen molar-refractivity contribution >= 4 is 5.69 Å². The van der Waals surface area contributed by atoms with Crippen LogP contribution >= 0.6 is 0 Å². The molecule has 0 aliphatic rings. The Balaban J connectivity index is 2.65. The van der Waals surface area contributed by atoms with Gasteiger partial charge in [-0.15, -0.1) is 0 Å². The van der Waals surface area contributed by atoms with E-state index in [1.54, 1.807) is 0 Å². The summed E-state index contributed by atoms with van der Waals surface area (Å²) in [7, 11) is 0. The molecule has 14 heavy (non-hydrogen) atoms. The average Bonchev–Trinajstić information content (AvgIpc) is 2.18. The summed E-state index contributed by atoms with van der Waals surface area (Å²) in [5.74, 6) is 1.66. The lowest BCUT2D eigenvalue weighted by atomic mass is 10.3. The molecule has 0 saturated carbocycles. The van der Waals surface area contributed by atoms with E-state index in [2.05, 4.69) is 0 Å². The van der Waals surface area contributed by atoms with Gasteiger partial charge in [0.25, 0.3) is 0 Å². The van der Waals surface area contributed by atoms with Crippen LogP contribution in [-0.4, -0.2) is 0 Å². The molecule has 1 aromatic rings. The largest absolute Gasteiger partial charge is 0.462 e. The minimum atomic E-state index is 0.743. The molecule has 1 aromatic carbocycles. The number of nitrogens with two attached hydrogens (primary N) is 1. The normalized spacial score (nSPS) is 12.0. The zero-order chi connectivity index (χ0) is 10.4. The minimum absolute atomic E-state index is 0.743. The van der Waals surface area contributed by atoms with E-state index in [1.165, 1.54) is 0 Å². The molecule has 1 rings (SSSR count). The summed E-state index contributed by atoms with van der Waals surface area (Å²) >= 11 is 0. The van der Waals surface area contributed by atoms with Crippen LogP contribution in [0.1, 0.15) is 13.8 Å². The molecule has 2 N–H and O–H groups in total. The van der Waals surface area contributed by atoms with E-state index in [0.29, 0.717) is 0 Å². The Morgan fingerprint density at radius 2 is 1.93 bits per heavy atom. The first-order chi connectivity index (χ1) is 6.72. The predicted molar refractivity (Wildman–Crippen MR) is 60.1 cm³/mol. The topological polar surface area (TPSA) is 35.2 Å². The molecule has 0 amide bonds. The molecule has 0 aromatic heterocycles. The van der Waals surface area contributed by atoms with Crippen molar-refractivity contribution in [2.24, 2.45) is 0 Å². The molecule has 0 aliphatic carbocycles. The molecule has 0 aliphatic heterocycles. The van der Waals surface area contributed by atoms with E-state index in [-0.39, 0.29) is 0 Å². The van der Waals surface area contributed by atoms with Gasteiger partial charge in [0.15, 0.2) is 0 Å². The molecule has 0 unspecified atom stereocenters. The first-order valence-electron chi connectivity index (χ1n) is 4.55. The molecule has 0 spiro atoms. The molecule has 0 radical (unpaired) electrons. The maximum absolute atomic E-state index is 5.56. The van der Waals surface area contributed by atoms with Gasteiger partial charge in [0.2, 0.25) is 0 Å². The molecule has 0 atom stereocenters. The predicted octanol–water partition coefficient (Wildman–Crippen LogP) is 3.13. The van der Waals surface area contributed by atoms with Crippen LogP contribution in [0.5, 0.6) is 5.75 Å². The Labute approximate surface area is 84.7 Å². The van der Waals surface area contributed by atoms with E-state index >= 15 is 0 Å². The summed E-state index contributed by atoms with van der Waals surface area (Å²) in [5.41, 5.74) is 6.30. The van der Waals surface area contributed by atoms with Gasteiger partial charge < -0.3 is 10.5 Å². The van der Waals surface area contributed by atoms with Gasteiger partial charge in [0.05, 0.1) is 0 Å². The molecule has 2 heteroatoms. The Morgan fingerprint density at radius 3 is 2.50 bits per heavy atom. The van der Waals surface area contributed by atoms with E-state index in [0.717, 1.165) is 17.2 Å².